The summed E-state index contributed by atoms with van der Waals surface area (Å²) < 4.78 is 0. The molecule has 0 saturated carbocycles. The van der Waals surface area contributed by atoms with Crippen LogP contribution < -0.4 is 10.2 Å². The summed E-state index contributed by atoms with van der Waals surface area (Å²) in [6.45, 7) is 8.58. The van der Waals surface area contributed by atoms with Gasteiger partial charge in [-0.25, -0.2) is 0 Å². The van der Waals surface area contributed by atoms with E-state index in [1.807, 2.05) is 13.0 Å². The Morgan fingerprint density at radius 3 is 2.65 bits per heavy atom. The van der Waals surface area contributed by atoms with Crippen LogP contribution >= 0.6 is 0 Å². The second kappa shape index (κ2) is 5.96. The average molecular weight is 234 g/mol. The summed E-state index contributed by atoms with van der Waals surface area (Å²) in [7, 11) is 0. The number of nitrogens with one attached hydrogen (secondary N) is 1. The molecule has 0 bridgehead atoms. The topological polar surface area (TPSA) is 41.0 Å². The highest BCUT2D eigenvalue weighted by atomic mass is 15.3. The Balaban J connectivity index is 1.84. The van der Waals surface area contributed by atoms with Crippen LogP contribution in [0.25, 0.3) is 0 Å². The van der Waals surface area contributed by atoms with Crippen molar-refractivity contribution in [2.75, 3.05) is 31.1 Å². The number of aromatic nitrogens is 2. The van der Waals surface area contributed by atoms with E-state index in [1.165, 1.54) is 12.8 Å². The molecular formula is C13H22N4. The number of rotatable bonds is 4. The summed E-state index contributed by atoms with van der Waals surface area (Å²) in [6, 6.07) is 4.11. The van der Waals surface area contributed by atoms with Crippen molar-refractivity contribution < 1.29 is 0 Å². The van der Waals surface area contributed by atoms with Crippen molar-refractivity contribution in [3.05, 3.63) is 17.8 Å². The minimum atomic E-state index is 0.824. The molecule has 0 atom stereocenters. The van der Waals surface area contributed by atoms with Gasteiger partial charge in [0.05, 0.1) is 5.69 Å². The predicted molar refractivity (Wildman–Crippen MR) is 70.2 cm³/mol. The van der Waals surface area contributed by atoms with Gasteiger partial charge >= 0.3 is 0 Å². The lowest BCUT2D eigenvalue weighted by molar-refractivity contribution is 0.385. The van der Waals surface area contributed by atoms with Crippen molar-refractivity contribution in [2.24, 2.45) is 5.92 Å². The quantitative estimate of drug-likeness (QED) is 0.859. The van der Waals surface area contributed by atoms with Crippen LogP contribution in [0.4, 0.5) is 5.82 Å². The van der Waals surface area contributed by atoms with Crippen LogP contribution in [0, 0.1) is 12.8 Å². The predicted octanol–water partition coefficient (Wildman–Crippen LogP) is 1.61. The summed E-state index contributed by atoms with van der Waals surface area (Å²) in [5, 5.41) is 11.8. The number of hydrogen-bond acceptors (Lipinski definition) is 4. The fraction of sp³-hybridized carbons (Fsp3) is 0.692. The van der Waals surface area contributed by atoms with E-state index in [0.717, 1.165) is 43.6 Å². The molecule has 17 heavy (non-hydrogen) atoms. The molecule has 0 aliphatic carbocycles. The summed E-state index contributed by atoms with van der Waals surface area (Å²) >= 11 is 0. The van der Waals surface area contributed by atoms with Crippen LogP contribution in [0.5, 0.6) is 0 Å². The van der Waals surface area contributed by atoms with Crippen LogP contribution in [0.1, 0.15) is 25.5 Å². The smallest absolute Gasteiger partial charge is 0.151 e. The molecule has 2 heterocycles. The molecule has 1 fully saturated rings. The molecule has 2 rings (SSSR count). The van der Waals surface area contributed by atoms with Crippen LogP contribution in [0.3, 0.4) is 0 Å². The van der Waals surface area contributed by atoms with Crippen molar-refractivity contribution in [2.45, 2.75) is 26.7 Å². The summed E-state index contributed by atoms with van der Waals surface area (Å²) in [5.74, 6) is 1.85. The van der Waals surface area contributed by atoms with Crippen LogP contribution in [-0.2, 0) is 0 Å². The van der Waals surface area contributed by atoms with Crippen LogP contribution in [0.15, 0.2) is 12.1 Å². The van der Waals surface area contributed by atoms with Gasteiger partial charge in [-0.15, -0.1) is 5.10 Å². The zero-order valence-corrected chi connectivity index (χ0v) is 10.8. The molecular weight excluding hydrogens is 212 g/mol. The molecule has 0 radical (unpaired) electrons. The minimum Gasteiger partial charge on any atom is -0.355 e. The Morgan fingerprint density at radius 2 is 2.06 bits per heavy atom. The standard InChI is InChI=1S/C13H22N4/c1-3-14-10-12-6-8-17(9-7-12)13-5-4-11(2)15-16-13/h4-5,12,14H,3,6-10H2,1-2H3. The molecule has 4 heteroatoms. The molecule has 1 aliphatic rings. The maximum absolute atomic E-state index is 4.25. The number of aryl methyl sites for hydroxylation is 1. The van der Waals surface area contributed by atoms with Gasteiger partial charge in [-0.2, -0.15) is 5.10 Å². The van der Waals surface area contributed by atoms with Crippen molar-refractivity contribution >= 4 is 5.82 Å². The zero-order valence-electron chi connectivity index (χ0n) is 10.8. The minimum absolute atomic E-state index is 0.824. The van der Waals surface area contributed by atoms with Crippen molar-refractivity contribution in [1.29, 1.82) is 0 Å². The largest absolute Gasteiger partial charge is 0.355 e. The third-order valence-corrected chi connectivity index (χ3v) is 3.41. The van der Waals surface area contributed by atoms with E-state index in [2.05, 4.69) is 33.4 Å². The zero-order chi connectivity index (χ0) is 12.1. The third-order valence-electron chi connectivity index (χ3n) is 3.41. The van der Waals surface area contributed by atoms with Crippen LogP contribution in [-0.4, -0.2) is 36.4 Å². The van der Waals surface area contributed by atoms with Gasteiger partial charge in [0, 0.05) is 13.1 Å². The van der Waals surface area contributed by atoms with Crippen molar-refractivity contribution in [3.63, 3.8) is 0 Å². The van der Waals surface area contributed by atoms with Gasteiger partial charge in [0.15, 0.2) is 5.82 Å². The van der Waals surface area contributed by atoms with Gasteiger partial charge in [-0.05, 0) is 50.9 Å². The monoisotopic (exact) mass is 234 g/mol. The Kier molecular flexibility index (Phi) is 4.31. The van der Waals surface area contributed by atoms with Gasteiger partial charge in [0.1, 0.15) is 0 Å². The van der Waals surface area contributed by atoms with E-state index >= 15 is 0 Å². The highest BCUT2D eigenvalue weighted by molar-refractivity contribution is 5.37. The molecule has 1 aliphatic heterocycles. The Labute approximate surface area is 103 Å². The van der Waals surface area contributed by atoms with E-state index in [9.17, 15) is 0 Å². The Bertz CT molecular complexity index is 328. The van der Waals surface area contributed by atoms with E-state index in [0.29, 0.717) is 0 Å². The van der Waals surface area contributed by atoms with Gasteiger partial charge in [-0.3, -0.25) is 0 Å². The van der Waals surface area contributed by atoms with E-state index in [-0.39, 0.29) is 0 Å². The van der Waals surface area contributed by atoms with Gasteiger partial charge in [0.2, 0.25) is 0 Å². The first-order valence-corrected chi connectivity index (χ1v) is 6.55. The molecule has 0 aromatic carbocycles. The SMILES string of the molecule is CCNCC1CCN(c2ccc(C)nn2)CC1. The first-order valence-electron chi connectivity index (χ1n) is 6.55. The number of hydrogen-bond donors (Lipinski definition) is 1. The lowest BCUT2D eigenvalue weighted by Crippen LogP contribution is -2.37. The average Bonchev–Trinajstić information content (AvgIpc) is 2.38. The molecule has 0 unspecified atom stereocenters. The molecule has 1 aromatic heterocycles. The number of nitrogens with zero attached hydrogens (tertiary/aromatic N) is 3. The van der Waals surface area contributed by atoms with Gasteiger partial charge in [-0.1, -0.05) is 6.92 Å². The van der Waals surface area contributed by atoms with Crippen LogP contribution in [0.2, 0.25) is 0 Å². The van der Waals surface area contributed by atoms with E-state index < -0.39 is 0 Å². The molecule has 94 valence electrons. The van der Waals surface area contributed by atoms with Crippen molar-refractivity contribution in [1.82, 2.24) is 15.5 Å². The second-order valence-electron chi connectivity index (χ2n) is 4.77. The van der Waals surface area contributed by atoms with Gasteiger partial charge in [0.25, 0.3) is 0 Å². The fourth-order valence-electron chi connectivity index (χ4n) is 2.28. The van der Waals surface area contributed by atoms with Crippen molar-refractivity contribution in [3.8, 4) is 0 Å². The lowest BCUT2D eigenvalue weighted by atomic mass is 9.97. The lowest BCUT2D eigenvalue weighted by Gasteiger charge is -2.32. The highest BCUT2D eigenvalue weighted by Gasteiger charge is 2.19. The second-order valence-corrected chi connectivity index (χ2v) is 4.77. The maximum atomic E-state index is 4.25. The number of piperidine rings is 1. The Morgan fingerprint density at radius 1 is 1.29 bits per heavy atom. The summed E-state index contributed by atoms with van der Waals surface area (Å²) in [5.41, 5.74) is 0.982. The molecule has 0 spiro atoms. The molecule has 1 saturated heterocycles. The molecule has 0 amide bonds. The third kappa shape index (κ3) is 3.40. The first kappa shape index (κ1) is 12.3. The van der Waals surface area contributed by atoms with Gasteiger partial charge < -0.3 is 10.2 Å². The molecule has 1 N–H and O–H groups in total. The first-order chi connectivity index (χ1) is 8.29. The van der Waals surface area contributed by atoms with E-state index in [1.54, 1.807) is 0 Å². The Hall–Kier alpha value is -1.16. The summed E-state index contributed by atoms with van der Waals surface area (Å²) in [4.78, 5) is 2.34. The molecule has 4 nitrogen and oxygen atoms in total. The maximum Gasteiger partial charge on any atom is 0.151 e. The number of anilines is 1. The highest BCUT2D eigenvalue weighted by Crippen LogP contribution is 2.20. The summed E-state index contributed by atoms with van der Waals surface area (Å²) in [6.07, 6.45) is 2.51. The fourth-order valence-corrected chi connectivity index (χ4v) is 2.28. The van der Waals surface area contributed by atoms with E-state index in [4.69, 9.17) is 0 Å². The molecule has 1 aromatic rings. The normalized spacial score (nSPS) is 17.4.